The molecule has 0 N–H and O–H groups in total. The summed E-state index contributed by atoms with van der Waals surface area (Å²) in [5, 5.41) is 0. The molecule has 0 aromatic heterocycles. The molecule has 2 fully saturated rings. The molecule has 0 amide bonds. The quantitative estimate of drug-likeness (QED) is 0.136. The first kappa shape index (κ1) is 27.0. The zero-order chi connectivity index (χ0) is 26.0. The molecule has 0 aliphatic carbocycles. The van der Waals surface area contributed by atoms with E-state index in [1.807, 2.05) is 0 Å². The van der Waals surface area contributed by atoms with Gasteiger partial charge in [0, 0.05) is 0 Å². The number of hydrogen-bond donors (Lipinski definition) is 0. The first-order chi connectivity index (χ1) is 18.6. The van der Waals surface area contributed by atoms with E-state index in [1.165, 1.54) is 38.0 Å². The van der Waals surface area contributed by atoms with Crippen LogP contribution in [0.25, 0.3) is 0 Å². The molecule has 4 aromatic rings. The number of rotatable bonds is 7. The van der Waals surface area contributed by atoms with Gasteiger partial charge in [-0.1, -0.05) is 0 Å². The molecular formula is C34H36P2Se2. The Morgan fingerprint density at radius 3 is 0.816 bits per heavy atom. The van der Waals surface area contributed by atoms with Crippen molar-refractivity contribution in [2.75, 3.05) is 12.3 Å². The summed E-state index contributed by atoms with van der Waals surface area (Å²) in [6.45, 7) is 0. The monoisotopic (exact) mass is 666 g/mol. The van der Waals surface area contributed by atoms with Gasteiger partial charge < -0.3 is 0 Å². The number of benzene rings is 4. The SMILES string of the molecule is [Se-][P+]1(CC[P+]2([Se-])[C@H](c3ccccc3)CC[C@H]2c2ccccc2)[C@H](c2ccccc2)CC[C@H]1c1ccccc1. The van der Waals surface area contributed by atoms with Crippen LogP contribution in [0.3, 0.4) is 0 Å². The first-order valence-corrected chi connectivity index (χ1v) is 22.6. The van der Waals surface area contributed by atoms with Crippen LogP contribution in [0.15, 0.2) is 121 Å². The predicted octanol–water partition coefficient (Wildman–Crippen LogP) is 9.74. The second kappa shape index (κ2) is 11.7. The minimum atomic E-state index is -1.43. The molecule has 6 rings (SSSR count). The average molecular weight is 665 g/mol. The van der Waals surface area contributed by atoms with Crippen molar-refractivity contribution in [2.45, 2.75) is 48.3 Å². The van der Waals surface area contributed by atoms with E-state index in [9.17, 15) is 0 Å². The Labute approximate surface area is 245 Å². The van der Waals surface area contributed by atoms with Crippen LogP contribution in [0.2, 0.25) is 0 Å². The molecule has 4 atom stereocenters. The Bertz CT molecular complexity index is 1110. The van der Waals surface area contributed by atoms with Gasteiger partial charge in [0.1, 0.15) is 0 Å². The Kier molecular flexibility index (Phi) is 8.32. The Balaban J connectivity index is 1.38. The van der Waals surface area contributed by atoms with Crippen LogP contribution in [0.1, 0.15) is 70.6 Å². The third-order valence-electron chi connectivity index (χ3n) is 9.07. The van der Waals surface area contributed by atoms with Gasteiger partial charge in [0.05, 0.1) is 0 Å². The van der Waals surface area contributed by atoms with Crippen molar-refractivity contribution in [3.05, 3.63) is 144 Å². The van der Waals surface area contributed by atoms with E-state index in [-0.39, 0.29) is 0 Å². The van der Waals surface area contributed by atoms with Gasteiger partial charge in [0.2, 0.25) is 0 Å². The zero-order valence-corrected chi connectivity index (χ0v) is 27.0. The van der Waals surface area contributed by atoms with Gasteiger partial charge in [0.25, 0.3) is 0 Å². The third-order valence-corrected chi connectivity index (χ3v) is 26.4. The van der Waals surface area contributed by atoms with E-state index < -0.39 is 11.9 Å². The van der Waals surface area contributed by atoms with Crippen molar-refractivity contribution in [3.8, 4) is 0 Å². The van der Waals surface area contributed by atoms with E-state index >= 15 is 0 Å². The topological polar surface area (TPSA) is 0 Å². The van der Waals surface area contributed by atoms with E-state index in [0.717, 1.165) is 0 Å². The Morgan fingerprint density at radius 1 is 0.395 bits per heavy atom. The van der Waals surface area contributed by atoms with E-state index in [1.54, 1.807) is 22.3 Å². The predicted molar refractivity (Wildman–Crippen MR) is 170 cm³/mol. The van der Waals surface area contributed by atoms with Gasteiger partial charge >= 0.3 is 247 Å². The molecule has 0 spiro atoms. The second-order valence-electron chi connectivity index (χ2n) is 11.0. The zero-order valence-electron chi connectivity index (χ0n) is 21.8. The van der Waals surface area contributed by atoms with Crippen molar-refractivity contribution in [1.82, 2.24) is 0 Å². The van der Waals surface area contributed by atoms with Crippen molar-refractivity contribution < 1.29 is 0 Å². The summed E-state index contributed by atoms with van der Waals surface area (Å²) in [6.07, 6.45) is 7.86. The standard InChI is InChI=1S/C34H36P2Se2/c37-35(31(27-13-5-1-6-14-27)21-22-32(35)28-15-7-2-8-16-28)25-26-36(38)33(29-17-9-3-10-18-29)23-24-34(36)30-19-11-4-12-20-30/h1-20,31-34H,21-26H2/t31-,32-,33-,34-/m0/s1. The maximum absolute atomic E-state index is 4.01. The molecule has 0 bridgehead atoms. The van der Waals surface area contributed by atoms with Crippen molar-refractivity contribution in [3.63, 3.8) is 0 Å². The van der Waals surface area contributed by atoms with Crippen molar-refractivity contribution in [2.24, 2.45) is 0 Å². The molecule has 0 nitrogen and oxygen atoms in total. The first-order valence-electron chi connectivity index (χ1n) is 14.0. The summed E-state index contributed by atoms with van der Waals surface area (Å²) in [5.41, 5.74) is 8.85. The summed E-state index contributed by atoms with van der Waals surface area (Å²) in [4.78, 5) is 0. The van der Waals surface area contributed by atoms with E-state index in [0.29, 0.717) is 22.6 Å². The second-order valence-corrected chi connectivity index (χ2v) is 26.4. The van der Waals surface area contributed by atoms with Crippen LogP contribution in [-0.2, 0) is 0 Å². The fraction of sp³-hybridized carbons (Fsp3) is 0.294. The van der Waals surface area contributed by atoms with Gasteiger partial charge in [-0.25, -0.2) is 0 Å². The summed E-state index contributed by atoms with van der Waals surface area (Å²) in [7, 11) is 0. The Hall–Kier alpha value is -1.22. The van der Waals surface area contributed by atoms with Crippen LogP contribution in [0.5, 0.6) is 0 Å². The van der Waals surface area contributed by atoms with Crippen LogP contribution in [0.4, 0.5) is 0 Å². The summed E-state index contributed by atoms with van der Waals surface area (Å²) < 4.78 is 0. The fourth-order valence-electron chi connectivity index (χ4n) is 7.25. The van der Waals surface area contributed by atoms with Gasteiger partial charge in [-0.3, -0.25) is 0 Å². The van der Waals surface area contributed by atoms with Crippen molar-refractivity contribution in [1.29, 1.82) is 0 Å². The van der Waals surface area contributed by atoms with E-state index in [4.69, 9.17) is 0 Å². The molecule has 38 heavy (non-hydrogen) atoms. The molecule has 0 unspecified atom stereocenters. The van der Waals surface area contributed by atoms with Gasteiger partial charge in [0.15, 0.2) is 0 Å². The summed E-state index contributed by atoms with van der Waals surface area (Å²) >= 11 is 8.03. The number of hydrogen-bond acceptors (Lipinski definition) is 0. The molecule has 4 heteroatoms. The van der Waals surface area contributed by atoms with Gasteiger partial charge in [-0.2, -0.15) is 0 Å². The average Bonchev–Trinajstić information content (AvgIpc) is 3.51. The molecule has 194 valence electrons. The molecule has 4 aromatic carbocycles. The van der Waals surface area contributed by atoms with E-state index in [2.05, 4.69) is 152 Å². The van der Waals surface area contributed by atoms with Crippen molar-refractivity contribution >= 4 is 43.0 Å². The minimum absolute atomic E-state index is 0.661. The van der Waals surface area contributed by atoms with Gasteiger partial charge in [-0.15, -0.1) is 0 Å². The molecule has 2 heterocycles. The molecule has 0 saturated carbocycles. The third kappa shape index (κ3) is 5.15. The van der Waals surface area contributed by atoms with Crippen LogP contribution in [-0.4, -0.2) is 43.5 Å². The molecule has 0 radical (unpaired) electrons. The van der Waals surface area contributed by atoms with Gasteiger partial charge in [-0.05, 0) is 0 Å². The normalized spacial score (nSPS) is 25.8. The maximum atomic E-state index is 4.01. The fourth-order valence-corrected chi connectivity index (χ4v) is 25.7. The molecular weight excluding hydrogens is 628 g/mol. The molecule has 2 aliphatic heterocycles. The molecule has 2 saturated heterocycles. The van der Waals surface area contributed by atoms with Crippen LogP contribution in [0, 0.1) is 0 Å². The van der Waals surface area contributed by atoms with Crippen LogP contribution >= 0.6 is 11.9 Å². The van der Waals surface area contributed by atoms with Crippen LogP contribution < -0.4 is 0 Å². The summed E-state index contributed by atoms with van der Waals surface area (Å²) in [5.74, 6) is -2.87. The summed E-state index contributed by atoms with van der Waals surface area (Å²) in [6, 6.07) is 45.7. The molecule has 2 aliphatic rings. The Morgan fingerprint density at radius 2 is 0.605 bits per heavy atom.